The number of halogens is 2. The monoisotopic (exact) mass is 274 g/mol. The smallest absolute Gasteiger partial charge is 0.333 e. The molecule has 1 N–H and O–H groups in total. The molecule has 1 heterocycles. The molecule has 2 aromatic rings. The van der Waals surface area contributed by atoms with Crippen LogP contribution < -0.4 is 22.3 Å². The van der Waals surface area contributed by atoms with Gasteiger partial charge in [-0.2, -0.15) is 0 Å². The highest BCUT2D eigenvalue weighted by molar-refractivity contribution is 7.13. The molecule has 0 aliphatic rings. The molecule has 0 radical (unpaired) electrons. The summed E-state index contributed by atoms with van der Waals surface area (Å²) >= 11 is 7.55. The van der Waals surface area contributed by atoms with Crippen LogP contribution in [0.3, 0.4) is 0 Å². The summed E-state index contributed by atoms with van der Waals surface area (Å²) in [5.41, 5.74) is 2.38. The first kappa shape index (κ1) is 13.3. The molecule has 0 amide bonds. The molecular weight excluding hydrogens is 263 g/mol. The quantitative estimate of drug-likeness (QED) is 0.759. The Hall–Kier alpha value is -0.770. The summed E-state index contributed by atoms with van der Waals surface area (Å²) in [4.78, 5) is 0. The largest absolute Gasteiger partial charge is 1.00 e. The Morgan fingerprint density at radius 3 is 2.38 bits per heavy atom. The minimum atomic E-state index is 0. The van der Waals surface area contributed by atoms with Crippen molar-refractivity contribution in [2.45, 2.75) is 0 Å². The highest BCUT2D eigenvalue weighted by atomic mass is 35.5. The summed E-state index contributed by atoms with van der Waals surface area (Å²) < 4.78 is 2.13. The van der Waals surface area contributed by atoms with Gasteiger partial charge in [0, 0.05) is 16.0 Å². The van der Waals surface area contributed by atoms with Gasteiger partial charge in [-0.15, -0.1) is 0 Å². The van der Waals surface area contributed by atoms with Crippen molar-refractivity contribution in [1.82, 2.24) is 0 Å². The van der Waals surface area contributed by atoms with E-state index in [0.717, 1.165) is 10.2 Å². The van der Waals surface area contributed by atoms with E-state index < -0.39 is 0 Å². The Kier molecular flexibility index (Phi) is 4.59. The van der Waals surface area contributed by atoms with Crippen LogP contribution in [0.2, 0.25) is 5.02 Å². The van der Waals surface area contributed by atoms with Crippen LogP contribution in [0.1, 0.15) is 0 Å². The zero-order valence-corrected chi connectivity index (χ0v) is 11.3. The SMILES string of the molecule is CNc1scc(-c2ccc(Cl)cc2)[n+]1C.[Cl-]. The maximum absolute atomic E-state index is 5.85. The Bertz CT molecular complexity index is 465. The van der Waals surface area contributed by atoms with E-state index in [2.05, 4.69) is 15.3 Å². The lowest BCUT2D eigenvalue weighted by Crippen LogP contribution is -3.00. The van der Waals surface area contributed by atoms with E-state index >= 15 is 0 Å². The molecule has 2 rings (SSSR count). The van der Waals surface area contributed by atoms with Crippen LogP contribution in [0.15, 0.2) is 29.6 Å². The third-order valence-electron chi connectivity index (χ3n) is 2.30. The predicted molar refractivity (Wildman–Crippen MR) is 65.5 cm³/mol. The molecule has 1 aromatic carbocycles. The number of benzene rings is 1. The molecule has 0 aliphatic heterocycles. The number of aromatic nitrogens is 1. The standard InChI is InChI=1S/C11H11ClN2S.ClH/c1-13-11-14(2)10(7-15-11)8-3-5-9(12)6-4-8;/h3-7H,1-2H3;1H. The van der Waals surface area contributed by atoms with Crippen LogP contribution in [0.25, 0.3) is 11.3 Å². The van der Waals surface area contributed by atoms with Crippen molar-refractivity contribution in [1.29, 1.82) is 0 Å². The van der Waals surface area contributed by atoms with E-state index in [0.29, 0.717) is 0 Å². The molecule has 86 valence electrons. The molecule has 0 fully saturated rings. The van der Waals surface area contributed by atoms with Gasteiger partial charge in [0.2, 0.25) is 0 Å². The summed E-state index contributed by atoms with van der Waals surface area (Å²) in [7, 11) is 3.98. The Balaban J connectivity index is 0.00000128. The first-order valence-electron chi connectivity index (χ1n) is 4.63. The molecule has 2 nitrogen and oxygen atoms in total. The van der Waals surface area contributed by atoms with Crippen LogP contribution in [0.5, 0.6) is 0 Å². The van der Waals surface area contributed by atoms with Gasteiger partial charge in [0.1, 0.15) is 5.69 Å². The lowest BCUT2D eigenvalue weighted by Gasteiger charge is -1.99. The molecule has 0 unspecified atom stereocenters. The molecule has 16 heavy (non-hydrogen) atoms. The fraction of sp³-hybridized carbons (Fsp3) is 0.182. The zero-order chi connectivity index (χ0) is 10.8. The minimum absolute atomic E-state index is 0. The third kappa shape index (κ3) is 2.48. The Morgan fingerprint density at radius 1 is 1.25 bits per heavy atom. The zero-order valence-electron chi connectivity index (χ0n) is 9.00. The Labute approximate surface area is 110 Å². The van der Waals surface area contributed by atoms with Crippen LogP contribution in [-0.2, 0) is 7.05 Å². The summed E-state index contributed by atoms with van der Waals surface area (Å²) in [6.07, 6.45) is 0. The van der Waals surface area contributed by atoms with Gasteiger partial charge < -0.3 is 12.4 Å². The predicted octanol–water partition coefficient (Wildman–Crippen LogP) is -0.0613. The van der Waals surface area contributed by atoms with Gasteiger partial charge >= 0.3 is 5.13 Å². The summed E-state index contributed by atoms with van der Waals surface area (Å²) in [5, 5.41) is 7.19. The highest BCUT2D eigenvalue weighted by Gasteiger charge is 2.13. The summed E-state index contributed by atoms with van der Waals surface area (Å²) in [6, 6.07) is 7.88. The molecular formula is C11H12Cl2N2S. The fourth-order valence-electron chi connectivity index (χ4n) is 1.49. The molecule has 0 saturated heterocycles. The van der Waals surface area contributed by atoms with Crippen LogP contribution in [0.4, 0.5) is 5.13 Å². The minimum Gasteiger partial charge on any atom is -1.00 e. The average molecular weight is 275 g/mol. The number of thiazole rings is 1. The summed E-state index contributed by atoms with van der Waals surface area (Å²) in [6.45, 7) is 0. The number of rotatable bonds is 2. The van der Waals surface area contributed by atoms with Gasteiger partial charge in [0.05, 0.1) is 14.1 Å². The summed E-state index contributed by atoms with van der Waals surface area (Å²) in [5.74, 6) is 0. The lowest BCUT2D eigenvalue weighted by atomic mass is 10.2. The van der Waals surface area contributed by atoms with Crippen molar-refractivity contribution in [2.24, 2.45) is 7.05 Å². The third-order valence-corrected chi connectivity index (χ3v) is 3.60. The van der Waals surface area contributed by atoms with Crippen LogP contribution in [-0.4, -0.2) is 7.05 Å². The number of hydrogen-bond donors (Lipinski definition) is 1. The van der Waals surface area contributed by atoms with Gasteiger partial charge in [-0.3, -0.25) is 5.32 Å². The maximum atomic E-state index is 5.85. The van der Waals surface area contributed by atoms with Gasteiger partial charge in [-0.1, -0.05) is 22.9 Å². The van der Waals surface area contributed by atoms with Crippen molar-refractivity contribution in [3.8, 4) is 11.3 Å². The second kappa shape index (κ2) is 5.53. The van der Waals surface area contributed by atoms with Crippen LogP contribution >= 0.6 is 22.9 Å². The Morgan fingerprint density at radius 2 is 1.88 bits per heavy atom. The molecule has 0 spiro atoms. The van der Waals surface area contributed by atoms with E-state index in [1.807, 2.05) is 38.4 Å². The van der Waals surface area contributed by atoms with E-state index in [-0.39, 0.29) is 12.4 Å². The van der Waals surface area contributed by atoms with Crippen molar-refractivity contribution in [3.63, 3.8) is 0 Å². The van der Waals surface area contributed by atoms with Crippen molar-refractivity contribution >= 4 is 28.1 Å². The topological polar surface area (TPSA) is 15.9 Å². The van der Waals surface area contributed by atoms with E-state index in [9.17, 15) is 0 Å². The number of hydrogen-bond acceptors (Lipinski definition) is 2. The molecule has 0 atom stereocenters. The average Bonchev–Trinajstić information content (AvgIpc) is 2.61. The van der Waals surface area contributed by atoms with E-state index in [1.54, 1.807) is 11.3 Å². The highest BCUT2D eigenvalue weighted by Crippen LogP contribution is 2.23. The fourth-order valence-corrected chi connectivity index (χ4v) is 2.51. The molecule has 0 aliphatic carbocycles. The van der Waals surface area contributed by atoms with Crippen LogP contribution in [0, 0.1) is 0 Å². The molecule has 1 aromatic heterocycles. The number of anilines is 1. The number of nitrogens with one attached hydrogen (secondary N) is 1. The second-order valence-corrected chi connectivity index (χ2v) is 4.54. The van der Waals surface area contributed by atoms with Crippen molar-refractivity contribution in [3.05, 3.63) is 34.7 Å². The normalized spacial score (nSPS) is 9.69. The van der Waals surface area contributed by atoms with Gasteiger partial charge in [-0.25, -0.2) is 4.57 Å². The van der Waals surface area contributed by atoms with Gasteiger partial charge in [0.15, 0.2) is 0 Å². The first-order valence-corrected chi connectivity index (χ1v) is 5.89. The second-order valence-electron chi connectivity index (χ2n) is 3.24. The lowest BCUT2D eigenvalue weighted by molar-refractivity contribution is -0.641. The molecule has 0 saturated carbocycles. The van der Waals surface area contributed by atoms with Gasteiger partial charge in [0.25, 0.3) is 0 Å². The number of nitrogens with zero attached hydrogens (tertiary/aromatic N) is 1. The van der Waals surface area contributed by atoms with Crippen molar-refractivity contribution < 1.29 is 17.0 Å². The molecule has 5 heteroatoms. The first-order chi connectivity index (χ1) is 7.22. The van der Waals surface area contributed by atoms with E-state index in [4.69, 9.17) is 11.6 Å². The molecule has 0 bridgehead atoms. The maximum Gasteiger partial charge on any atom is 0.333 e. The van der Waals surface area contributed by atoms with E-state index in [1.165, 1.54) is 11.3 Å². The van der Waals surface area contributed by atoms with Gasteiger partial charge in [-0.05, 0) is 24.3 Å². The van der Waals surface area contributed by atoms with Crippen molar-refractivity contribution in [2.75, 3.05) is 12.4 Å².